The predicted molar refractivity (Wildman–Crippen MR) is 113 cm³/mol. The molecule has 146 valence electrons. The van der Waals surface area contributed by atoms with Crippen molar-refractivity contribution in [3.63, 3.8) is 0 Å². The number of benzene rings is 1. The fourth-order valence-electron chi connectivity index (χ4n) is 3.16. The Hall–Kier alpha value is -2.09. The third-order valence-corrected chi connectivity index (χ3v) is 5.83. The number of nitrogens with one attached hydrogen (secondary N) is 1. The van der Waals surface area contributed by atoms with Crippen LogP contribution in [0.4, 0.5) is 10.7 Å². The fraction of sp³-hybridized carbons (Fsp3) is 0.368. The van der Waals surface area contributed by atoms with Gasteiger partial charge in [0.25, 0.3) is 11.8 Å². The molecule has 1 aromatic carbocycles. The van der Waals surface area contributed by atoms with E-state index in [1.165, 1.54) is 11.3 Å². The number of carbonyl (C=O) groups is 2. The van der Waals surface area contributed by atoms with E-state index in [-0.39, 0.29) is 18.3 Å². The summed E-state index contributed by atoms with van der Waals surface area (Å²) in [5.74, 6) is -0.713. The largest absolute Gasteiger partial charge is 0.378 e. The van der Waals surface area contributed by atoms with Crippen molar-refractivity contribution in [3.8, 4) is 0 Å². The van der Waals surface area contributed by atoms with Crippen LogP contribution in [0.5, 0.6) is 0 Å². The van der Waals surface area contributed by atoms with Gasteiger partial charge in [0.2, 0.25) is 0 Å². The van der Waals surface area contributed by atoms with Gasteiger partial charge in [-0.2, -0.15) is 0 Å². The monoisotopic (exact) mass is 408 g/mol. The molecule has 0 aliphatic carbocycles. The molecule has 2 aromatic rings. The van der Waals surface area contributed by atoms with Gasteiger partial charge in [0.1, 0.15) is 5.00 Å². The second-order valence-electron chi connectivity index (χ2n) is 6.59. The molecule has 1 aliphatic heterocycles. The first kappa shape index (κ1) is 21.2. The number of anilines is 2. The van der Waals surface area contributed by atoms with Crippen LogP contribution in [-0.4, -0.2) is 43.9 Å². The minimum Gasteiger partial charge on any atom is -0.378 e. The summed E-state index contributed by atoms with van der Waals surface area (Å²) < 4.78 is 0. The first-order valence-corrected chi connectivity index (χ1v) is 9.47. The van der Waals surface area contributed by atoms with Crippen LogP contribution in [0.1, 0.15) is 38.1 Å². The zero-order valence-corrected chi connectivity index (χ0v) is 17.4. The van der Waals surface area contributed by atoms with Gasteiger partial charge in [-0.15, -0.1) is 23.7 Å². The SMILES string of the molecule is CCN1CCc2c(sc(NC(=O)c3ccc(N(C)C)cc3)c2C(N)=O)C1.Cl. The highest BCUT2D eigenvalue weighted by Gasteiger charge is 2.27. The molecule has 0 bridgehead atoms. The van der Waals surface area contributed by atoms with Gasteiger partial charge >= 0.3 is 0 Å². The molecular formula is C19H25ClN4O2S. The maximum Gasteiger partial charge on any atom is 0.256 e. The van der Waals surface area contributed by atoms with Crippen molar-refractivity contribution in [1.29, 1.82) is 0 Å². The standard InChI is InChI=1S/C19H24N4O2S.ClH/c1-4-23-10-9-14-15(11-23)26-19(16(14)17(20)24)21-18(25)12-5-7-13(8-6-12)22(2)3;/h5-8H,4,9-11H2,1-3H3,(H2,20,24)(H,21,25);1H. The van der Waals surface area contributed by atoms with E-state index >= 15 is 0 Å². The van der Waals surface area contributed by atoms with Crippen LogP contribution in [0.25, 0.3) is 0 Å². The Bertz CT molecular complexity index is 833. The summed E-state index contributed by atoms with van der Waals surface area (Å²) in [6, 6.07) is 7.34. The Kier molecular flexibility index (Phi) is 6.86. The maximum atomic E-state index is 12.6. The van der Waals surface area contributed by atoms with Crippen molar-refractivity contribution < 1.29 is 9.59 Å². The van der Waals surface area contributed by atoms with Crippen molar-refractivity contribution in [2.24, 2.45) is 5.73 Å². The van der Waals surface area contributed by atoms with Gasteiger partial charge in [-0.1, -0.05) is 6.92 Å². The number of nitrogens with two attached hydrogens (primary N) is 1. The molecule has 0 saturated heterocycles. The smallest absolute Gasteiger partial charge is 0.256 e. The summed E-state index contributed by atoms with van der Waals surface area (Å²) >= 11 is 1.46. The number of fused-ring (bicyclic) bond motifs is 1. The molecule has 0 atom stereocenters. The number of primary amides is 1. The molecule has 1 aromatic heterocycles. The number of amides is 2. The number of hydrogen-bond donors (Lipinski definition) is 2. The average Bonchev–Trinajstić information content (AvgIpc) is 2.98. The number of likely N-dealkylation sites (N-methyl/N-ethyl adjacent to an activating group) is 1. The van der Waals surface area contributed by atoms with E-state index in [0.717, 1.165) is 42.2 Å². The Morgan fingerprint density at radius 1 is 1.26 bits per heavy atom. The number of rotatable bonds is 5. The van der Waals surface area contributed by atoms with E-state index in [1.807, 2.05) is 31.1 Å². The minimum atomic E-state index is -0.481. The molecule has 1 aliphatic rings. The summed E-state index contributed by atoms with van der Waals surface area (Å²) in [7, 11) is 3.90. The van der Waals surface area contributed by atoms with Crippen molar-refractivity contribution in [2.75, 3.05) is 37.4 Å². The molecule has 3 N–H and O–H groups in total. The van der Waals surface area contributed by atoms with Crippen LogP contribution in [0.15, 0.2) is 24.3 Å². The van der Waals surface area contributed by atoms with Gasteiger partial charge < -0.3 is 16.0 Å². The number of thiophene rings is 1. The van der Waals surface area contributed by atoms with E-state index in [0.29, 0.717) is 16.1 Å². The summed E-state index contributed by atoms with van der Waals surface area (Å²) in [5, 5.41) is 3.45. The molecule has 27 heavy (non-hydrogen) atoms. The van der Waals surface area contributed by atoms with Gasteiger partial charge in [0, 0.05) is 43.3 Å². The molecular weight excluding hydrogens is 384 g/mol. The lowest BCUT2D eigenvalue weighted by atomic mass is 10.0. The number of halogens is 1. The van der Waals surface area contributed by atoms with Gasteiger partial charge in [-0.05, 0) is 42.8 Å². The Balaban J connectivity index is 0.00000261. The van der Waals surface area contributed by atoms with E-state index in [2.05, 4.69) is 17.1 Å². The number of hydrogen-bond acceptors (Lipinski definition) is 5. The fourth-order valence-corrected chi connectivity index (χ4v) is 4.45. The Morgan fingerprint density at radius 2 is 1.93 bits per heavy atom. The van der Waals surface area contributed by atoms with Crippen molar-refractivity contribution in [2.45, 2.75) is 19.9 Å². The zero-order valence-electron chi connectivity index (χ0n) is 15.7. The molecule has 0 radical (unpaired) electrons. The summed E-state index contributed by atoms with van der Waals surface area (Å²) in [5.41, 5.74) is 8.65. The van der Waals surface area contributed by atoms with Crippen molar-refractivity contribution in [1.82, 2.24) is 4.90 Å². The molecule has 0 unspecified atom stereocenters. The molecule has 8 heteroatoms. The third kappa shape index (κ3) is 4.43. The Morgan fingerprint density at radius 3 is 2.48 bits per heavy atom. The molecule has 0 spiro atoms. The average molecular weight is 409 g/mol. The second-order valence-corrected chi connectivity index (χ2v) is 7.69. The van der Waals surface area contributed by atoms with Gasteiger partial charge in [0.05, 0.1) is 5.56 Å². The molecule has 0 fully saturated rings. The number of carbonyl (C=O) groups excluding carboxylic acids is 2. The summed E-state index contributed by atoms with van der Waals surface area (Å²) in [6.07, 6.45) is 0.783. The highest BCUT2D eigenvalue weighted by Crippen LogP contribution is 2.37. The molecule has 2 amide bonds. The van der Waals surface area contributed by atoms with Crippen LogP contribution >= 0.6 is 23.7 Å². The lowest BCUT2D eigenvalue weighted by molar-refractivity contribution is 0.1000. The molecule has 2 heterocycles. The molecule has 3 rings (SSSR count). The second kappa shape index (κ2) is 8.73. The lowest BCUT2D eigenvalue weighted by Gasteiger charge is -2.25. The van der Waals surface area contributed by atoms with Gasteiger partial charge in [-0.3, -0.25) is 14.5 Å². The first-order valence-electron chi connectivity index (χ1n) is 8.66. The predicted octanol–water partition coefficient (Wildman–Crippen LogP) is 2.97. The number of nitrogens with zero attached hydrogens (tertiary/aromatic N) is 2. The third-order valence-electron chi connectivity index (χ3n) is 4.70. The minimum absolute atomic E-state index is 0. The van der Waals surface area contributed by atoms with Crippen LogP contribution in [0.3, 0.4) is 0 Å². The summed E-state index contributed by atoms with van der Waals surface area (Å²) in [4.78, 5) is 30.0. The zero-order chi connectivity index (χ0) is 18.8. The molecule has 0 saturated carbocycles. The van der Waals surface area contributed by atoms with E-state index in [4.69, 9.17) is 5.73 Å². The van der Waals surface area contributed by atoms with Crippen LogP contribution < -0.4 is 16.0 Å². The van der Waals surface area contributed by atoms with Gasteiger partial charge in [-0.25, -0.2) is 0 Å². The van der Waals surface area contributed by atoms with E-state index in [9.17, 15) is 9.59 Å². The van der Waals surface area contributed by atoms with E-state index in [1.54, 1.807) is 12.1 Å². The first-order chi connectivity index (χ1) is 12.4. The topological polar surface area (TPSA) is 78.7 Å². The highest BCUT2D eigenvalue weighted by atomic mass is 35.5. The van der Waals surface area contributed by atoms with Crippen LogP contribution in [-0.2, 0) is 13.0 Å². The van der Waals surface area contributed by atoms with Crippen molar-refractivity contribution in [3.05, 3.63) is 45.8 Å². The molecule has 6 nitrogen and oxygen atoms in total. The van der Waals surface area contributed by atoms with Gasteiger partial charge in [0.15, 0.2) is 0 Å². The normalized spacial score (nSPS) is 13.4. The quantitative estimate of drug-likeness (QED) is 0.797. The lowest BCUT2D eigenvalue weighted by Crippen LogP contribution is -2.30. The Labute approximate surface area is 169 Å². The highest BCUT2D eigenvalue weighted by molar-refractivity contribution is 7.17. The van der Waals surface area contributed by atoms with E-state index < -0.39 is 5.91 Å². The maximum absolute atomic E-state index is 12.6. The summed E-state index contributed by atoms with van der Waals surface area (Å²) in [6.45, 7) is 4.78. The van der Waals surface area contributed by atoms with Crippen LogP contribution in [0, 0.1) is 0 Å². The van der Waals surface area contributed by atoms with Crippen LogP contribution in [0.2, 0.25) is 0 Å². The van der Waals surface area contributed by atoms with Crippen molar-refractivity contribution >= 4 is 46.2 Å².